The Balaban J connectivity index is 1.54. The van der Waals surface area contributed by atoms with Crippen molar-refractivity contribution >= 4 is 29.6 Å². The van der Waals surface area contributed by atoms with Crippen molar-refractivity contribution in [3.63, 3.8) is 0 Å². The van der Waals surface area contributed by atoms with E-state index in [4.69, 9.17) is 21.1 Å². The summed E-state index contributed by atoms with van der Waals surface area (Å²) in [5.41, 5.74) is 1.98. The number of esters is 1. The Kier molecular flexibility index (Phi) is 5.58. The molecule has 0 radical (unpaired) electrons. The van der Waals surface area contributed by atoms with Crippen LogP contribution in [0.2, 0.25) is 5.02 Å². The molecule has 0 bridgehead atoms. The van der Waals surface area contributed by atoms with Gasteiger partial charge in [-0.2, -0.15) is 0 Å². The van der Waals surface area contributed by atoms with Gasteiger partial charge in [-0.05, 0) is 30.7 Å². The predicted octanol–water partition coefficient (Wildman–Crippen LogP) is 3.54. The van der Waals surface area contributed by atoms with E-state index in [1.54, 1.807) is 12.1 Å². The standard InChI is InChI=1S/C20H18ClNO4/c1-13(16-7-3-4-8-17(16)21)22-19(23)12-26-20(24)15-10-14-6-2-5-9-18(14)25-11-15/h2-10,13H,11-12H2,1H3,(H,22,23)/t13-/m1/s1. The maximum Gasteiger partial charge on any atom is 0.338 e. The number of ether oxygens (including phenoxy) is 2. The van der Waals surface area contributed by atoms with Gasteiger partial charge in [0, 0.05) is 10.6 Å². The van der Waals surface area contributed by atoms with Gasteiger partial charge in [-0.3, -0.25) is 4.79 Å². The first kappa shape index (κ1) is 18.0. The molecule has 0 saturated heterocycles. The van der Waals surface area contributed by atoms with Gasteiger partial charge in [-0.15, -0.1) is 0 Å². The fraction of sp³-hybridized carbons (Fsp3) is 0.200. The second-order valence-corrected chi connectivity index (χ2v) is 6.29. The zero-order chi connectivity index (χ0) is 18.5. The molecule has 1 atom stereocenters. The third-order valence-electron chi connectivity index (χ3n) is 3.98. The van der Waals surface area contributed by atoms with Gasteiger partial charge in [-0.25, -0.2) is 4.79 Å². The molecule has 1 heterocycles. The molecule has 0 unspecified atom stereocenters. The first-order valence-corrected chi connectivity index (χ1v) is 8.55. The molecule has 2 aromatic carbocycles. The molecule has 0 aromatic heterocycles. The third-order valence-corrected chi connectivity index (χ3v) is 4.32. The minimum absolute atomic E-state index is 0.119. The average molecular weight is 372 g/mol. The zero-order valence-corrected chi connectivity index (χ0v) is 15.0. The lowest BCUT2D eigenvalue weighted by molar-refractivity contribution is -0.145. The largest absolute Gasteiger partial charge is 0.488 e. The van der Waals surface area contributed by atoms with Crippen LogP contribution in [0.5, 0.6) is 5.75 Å². The summed E-state index contributed by atoms with van der Waals surface area (Å²) in [4.78, 5) is 24.2. The van der Waals surface area contributed by atoms with Crippen molar-refractivity contribution in [2.24, 2.45) is 0 Å². The smallest absolute Gasteiger partial charge is 0.338 e. The van der Waals surface area contributed by atoms with Crippen molar-refractivity contribution in [3.8, 4) is 5.75 Å². The van der Waals surface area contributed by atoms with Crippen molar-refractivity contribution in [2.75, 3.05) is 13.2 Å². The van der Waals surface area contributed by atoms with Gasteiger partial charge < -0.3 is 14.8 Å². The number of benzene rings is 2. The number of amides is 1. The normalized spacial score (nSPS) is 13.7. The highest BCUT2D eigenvalue weighted by molar-refractivity contribution is 6.31. The topological polar surface area (TPSA) is 64.6 Å². The van der Waals surface area contributed by atoms with Crippen LogP contribution in [0.3, 0.4) is 0 Å². The van der Waals surface area contributed by atoms with Crippen LogP contribution in [0.1, 0.15) is 24.1 Å². The number of halogens is 1. The van der Waals surface area contributed by atoms with E-state index in [2.05, 4.69) is 5.32 Å². The van der Waals surface area contributed by atoms with E-state index >= 15 is 0 Å². The van der Waals surface area contributed by atoms with Crippen molar-refractivity contribution in [1.82, 2.24) is 5.32 Å². The summed E-state index contributed by atoms with van der Waals surface area (Å²) in [5, 5.41) is 3.33. The fourth-order valence-electron chi connectivity index (χ4n) is 2.64. The number of para-hydroxylation sites is 1. The minimum atomic E-state index is -0.569. The molecule has 26 heavy (non-hydrogen) atoms. The molecule has 1 N–H and O–H groups in total. The molecule has 1 aliphatic rings. The Morgan fingerprint density at radius 1 is 1.19 bits per heavy atom. The number of nitrogens with one attached hydrogen (secondary N) is 1. The minimum Gasteiger partial charge on any atom is -0.488 e. The SMILES string of the molecule is C[C@@H](NC(=O)COC(=O)C1=Cc2ccccc2OC1)c1ccccc1Cl. The van der Waals surface area contributed by atoms with Crippen LogP contribution in [0.4, 0.5) is 0 Å². The first-order valence-electron chi connectivity index (χ1n) is 8.18. The summed E-state index contributed by atoms with van der Waals surface area (Å²) in [6, 6.07) is 14.4. The molecule has 0 fully saturated rings. The number of hydrogen-bond acceptors (Lipinski definition) is 4. The Morgan fingerprint density at radius 3 is 2.73 bits per heavy atom. The highest BCUT2D eigenvalue weighted by Crippen LogP contribution is 2.26. The van der Waals surface area contributed by atoms with E-state index in [0.29, 0.717) is 10.6 Å². The predicted molar refractivity (Wildman–Crippen MR) is 98.9 cm³/mol. The number of carbonyl (C=O) groups is 2. The second kappa shape index (κ2) is 8.06. The van der Waals surface area contributed by atoms with Gasteiger partial charge in [0.05, 0.1) is 11.6 Å². The second-order valence-electron chi connectivity index (χ2n) is 5.88. The molecule has 1 aliphatic heterocycles. The Hall–Kier alpha value is -2.79. The summed E-state index contributed by atoms with van der Waals surface area (Å²) in [6.07, 6.45) is 1.71. The molecule has 0 aliphatic carbocycles. The van der Waals surface area contributed by atoms with E-state index in [0.717, 1.165) is 16.9 Å². The first-order chi connectivity index (χ1) is 12.5. The third kappa shape index (κ3) is 4.24. The highest BCUT2D eigenvalue weighted by atomic mass is 35.5. The quantitative estimate of drug-likeness (QED) is 0.816. The molecule has 0 spiro atoms. The molecule has 3 rings (SSSR count). The van der Waals surface area contributed by atoms with Crippen molar-refractivity contribution in [3.05, 3.63) is 70.3 Å². The lowest BCUT2D eigenvalue weighted by Gasteiger charge is -2.18. The molecule has 134 valence electrons. The molecule has 2 aromatic rings. The Morgan fingerprint density at radius 2 is 1.92 bits per heavy atom. The van der Waals surface area contributed by atoms with Gasteiger partial charge in [0.15, 0.2) is 6.61 Å². The van der Waals surface area contributed by atoms with E-state index in [1.165, 1.54) is 0 Å². The monoisotopic (exact) mass is 371 g/mol. The fourth-order valence-corrected chi connectivity index (χ4v) is 2.94. The maximum absolute atomic E-state index is 12.2. The van der Waals surface area contributed by atoms with Crippen LogP contribution in [0.15, 0.2) is 54.1 Å². The highest BCUT2D eigenvalue weighted by Gasteiger charge is 2.20. The zero-order valence-electron chi connectivity index (χ0n) is 14.2. The number of hydrogen-bond donors (Lipinski definition) is 1. The van der Waals surface area contributed by atoms with Gasteiger partial charge in [0.1, 0.15) is 12.4 Å². The van der Waals surface area contributed by atoms with E-state index < -0.39 is 11.9 Å². The van der Waals surface area contributed by atoms with Gasteiger partial charge >= 0.3 is 5.97 Å². The summed E-state index contributed by atoms with van der Waals surface area (Å²) in [6.45, 7) is 1.56. The Bertz CT molecular complexity index is 862. The van der Waals surface area contributed by atoms with Gasteiger partial charge in [-0.1, -0.05) is 48.0 Å². The van der Waals surface area contributed by atoms with E-state index in [1.807, 2.05) is 49.4 Å². The number of rotatable bonds is 5. The number of carbonyl (C=O) groups excluding carboxylic acids is 2. The van der Waals surface area contributed by atoms with Crippen LogP contribution >= 0.6 is 11.6 Å². The lowest BCUT2D eigenvalue weighted by Crippen LogP contribution is -2.32. The van der Waals surface area contributed by atoms with E-state index in [9.17, 15) is 9.59 Å². The van der Waals surface area contributed by atoms with Gasteiger partial charge in [0.25, 0.3) is 5.91 Å². The lowest BCUT2D eigenvalue weighted by atomic mass is 10.1. The van der Waals surface area contributed by atoms with Crippen LogP contribution in [0.25, 0.3) is 6.08 Å². The number of fused-ring (bicyclic) bond motifs is 1. The van der Waals surface area contributed by atoms with Crippen LogP contribution in [0, 0.1) is 0 Å². The summed E-state index contributed by atoms with van der Waals surface area (Å²) in [5.74, 6) is -0.251. The van der Waals surface area contributed by atoms with Crippen molar-refractivity contribution in [1.29, 1.82) is 0 Å². The van der Waals surface area contributed by atoms with Crippen molar-refractivity contribution < 1.29 is 19.1 Å². The summed E-state index contributed by atoms with van der Waals surface area (Å²) < 4.78 is 10.6. The van der Waals surface area contributed by atoms with E-state index in [-0.39, 0.29) is 19.3 Å². The summed E-state index contributed by atoms with van der Waals surface area (Å²) in [7, 11) is 0. The molecule has 0 saturated carbocycles. The molecular weight excluding hydrogens is 354 g/mol. The molecule has 1 amide bonds. The average Bonchev–Trinajstić information content (AvgIpc) is 2.66. The molecule has 6 heteroatoms. The summed E-state index contributed by atoms with van der Waals surface area (Å²) >= 11 is 6.11. The molecule has 5 nitrogen and oxygen atoms in total. The van der Waals surface area contributed by atoms with Crippen LogP contribution in [-0.2, 0) is 14.3 Å². The maximum atomic E-state index is 12.2. The van der Waals surface area contributed by atoms with Crippen molar-refractivity contribution in [2.45, 2.75) is 13.0 Å². The van der Waals surface area contributed by atoms with Crippen LogP contribution in [-0.4, -0.2) is 25.1 Å². The Labute approximate surface area is 156 Å². The molecular formula is C20H18ClNO4. The van der Waals surface area contributed by atoms with Gasteiger partial charge in [0.2, 0.25) is 0 Å². The van der Waals surface area contributed by atoms with Crippen LogP contribution < -0.4 is 10.1 Å².